The lowest BCUT2D eigenvalue weighted by Gasteiger charge is -2.12. The predicted molar refractivity (Wildman–Crippen MR) is 262 cm³/mol. The van der Waals surface area contributed by atoms with Gasteiger partial charge in [0.2, 0.25) is 0 Å². The van der Waals surface area contributed by atoms with Gasteiger partial charge in [-0.1, -0.05) is 194 Å². The molecule has 294 valence electrons. The first-order valence-corrected chi connectivity index (χ1v) is 21.4. The third kappa shape index (κ3) is 6.44. The molecule has 4 heteroatoms. The third-order valence-corrected chi connectivity index (χ3v) is 12.2. The number of fused-ring (bicyclic) bond motifs is 7. The summed E-state index contributed by atoms with van der Waals surface area (Å²) >= 11 is 0. The Morgan fingerprint density at radius 1 is 0.286 bits per heavy atom. The molecule has 0 saturated carbocycles. The highest BCUT2D eigenvalue weighted by molar-refractivity contribution is 6.28. The zero-order valence-electron chi connectivity index (χ0n) is 34.2. The molecule has 0 aliphatic carbocycles. The van der Waals surface area contributed by atoms with E-state index >= 15 is 0 Å². The summed E-state index contributed by atoms with van der Waals surface area (Å²) in [5.74, 6) is 0.703. The molecule has 63 heavy (non-hydrogen) atoms. The number of benzene rings is 9. The van der Waals surface area contributed by atoms with Crippen LogP contribution in [0.25, 0.3) is 117 Å². The first-order chi connectivity index (χ1) is 31.2. The summed E-state index contributed by atoms with van der Waals surface area (Å²) in [7, 11) is 0. The Bertz CT molecular complexity index is 3560. The number of para-hydroxylation sites is 2. The second-order valence-corrected chi connectivity index (χ2v) is 16.0. The van der Waals surface area contributed by atoms with Crippen molar-refractivity contribution in [3.8, 4) is 73.1 Å². The van der Waals surface area contributed by atoms with E-state index in [1.807, 2.05) is 36.4 Å². The van der Waals surface area contributed by atoms with Crippen molar-refractivity contribution in [1.29, 1.82) is 0 Å². The Balaban J connectivity index is 0.943. The van der Waals surface area contributed by atoms with Crippen LogP contribution in [0, 0.1) is 0 Å². The summed E-state index contributed by atoms with van der Waals surface area (Å²) in [6, 6.07) is 81.5. The predicted octanol–water partition coefficient (Wildman–Crippen LogP) is 15.3. The number of hydrogen-bond donors (Lipinski definition) is 0. The maximum Gasteiger partial charge on any atom is 0.160 e. The lowest BCUT2D eigenvalue weighted by Crippen LogP contribution is -1.95. The number of hydrogen-bond acceptors (Lipinski definition) is 3. The van der Waals surface area contributed by atoms with Crippen molar-refractivity contribution in [2.45, 2.75) is 0 Å². The maximum absolute atomic E-state index is 5.35. The van der Waals surface area contributed by atoms with Gasteiger partial charge in [-0.05, 0) is 64.0 Å². The van der Waals surface area contributed by atoms with Crippen LogP contribution in [-0.2, 0) is 0 Å². The van der Waals surface area contributed by atoms with Crippen molar-refractivity contribution in [1.82, 2.24) is 19.5 Å². The van der Waals surface area contributed by atoms with Crippen LogP contribution in [0.4, 0.5) is 0 Å². The molecule has 0 atom stereocenters. The molecule has 0 aliphatic heterocycles. The molecule has 0 fully saturated rings. The van der Waals surface area contributed by atoms with Gasteiger partial charge < -0.3 is 4.57 Å². The van der Waals surface area contributed by atoms with Crippen LogP contribution in [0.15, 0.2) is 231 Å². The van der Waals surface area contributed by atoms with Crippen molar-refractivity contribution in [3.05, 3.63) is 231 Å². The van der Waals surface area contributed by atoms with Crippen molar-refractivity contribution in [2.24, 2.45) is 0 Å². The lowest BCUT2D eigenvalue weighted by atomic mass is 9.95. The van der Waals surface area contributed by atoms with Gasteiger partial charge in [0.15, 0.2) is 5.82 Å². The van der Waals surface area contributed by atoms with Crippen molar-refractivity contribution < 1.29 is 0 Å². The molecule has 0 radical (unpaired) electrons. The largest absolute Gasteiger partial charge is 0.309 e. The normalized spacial score (nSPS) is 11.5. The van der Waals surface area contributed by atoms with Gasteiger partial charge in [-0.25, -0.2) is 15.0 Å². The Hall–Kier alpha value is -8.47. The summed E-state index contributed by atoms with van der Waals surface area (Å²) in [5.41, 5.74) is 16.0. The second-order valence-electron chi connectivity index (χ2n) is 16.0. The van der Waals surface area contributed by atoms with Gasteiger partial charge in [0.05, 0.1) is 33.6 Å². The van der Waals surface area contributed by atoms with Gasteiger partial charge in [-0.3, -0.25) is 0 Å². The Morgan fingerprint density at radius 3 is 1.40 bits per heavy atom. The van der Waals surface area contributed by atoms with Crippen LogP contribution < -0.4 is 0 Å². The smallest absolute Gasteiger partial charge is 0.160 e. The minimum absolute atomic E-state index is 0.703. The molecule has 12 rings (SSSR count). The Morgan fingerprint density at radius 2 is 0.778 bits per heavy atom. The van der Waals surface area contributed by atoms with Crippen molar-refractivity contribution in [3.63, 3.8) is 0 Å². The fourth-order valence-electron chi connectivity index (χ4n) is 9.15. The van der Waals surface area contributed by atoms with E-state index in [9.17, 15) is 0 Å². The van der Waals surface area contributed by atoms with Crippen molar-refractivity contribution in [2.75, 3.05) is 0 Å². The van der Waals surface area contributed by atoms with Crippen LogP contribution in [0.5, 0.6) is 0 Å². The molecule has 3 heterocycles. The Labute approximate surface area is 365 Å². The van der Waals surface area contributed by atoms with E-state index in [0.717, 1.165) is 89.2 Å². The number of nitrogens with zero attached hydrogens (tertiary/aromatic N) is 4. The van der Waals surface area contributed by atoms with Gasteiger partial charge in [-0.15, -0.1) is 0 Å². The van der Waals surface area contributed by atoms with E-state index in [0.29, 0.717) is 5.82 Å². The van der Waals surface area contributed by atoms with Gasteiger partial charge in [0.1, 0.15) is 0 Å². The van der Waals surface area contributed by atoms with Crippen molar-refractivity contribution >= 4 is 43.5 Å². The molecule has 0 aliphatic rings. The molecule has 0 bridgehead atoms. The van der Waals surface area contributed by atoms with E-state index in [1.54, 1.807) is 0 Å². The minimum Gasteiger partial charge on any atom is -0.309 e. The van der Waals surface area contributed by atoms with Crippen LogP contribution in [-0.4, -0.2) is 19.5 Å². The molecule has 4 nitrogen and oxygen atoms in total. The molecular weight excluding hydrogens is 765 g/mol. The minimum atomic E-state index is 0.703. The molecule has 0 spiro atoms. The number of aromatic nitrogens is 4. The lowest BCUT2D eigenvalue weighted by molar-refractivity contribution is 1.18. The molecule has 0 amide bonds. The van der Waals surface area contributed by atoms with E-state index in [-0.39, 0.29) is 0 Å². The van der Waals surface area contributed by atoms with Crippen LogP contribution in [0.3, 0.4) is 0 Å². The van der Waals surface area contributed by atoms with Crippen LogP contribution in [0.2, 0.25) is 0 Å². The first-order valence-electron chi connectivity index (χ1n) is 21.4. The van der Waals surface area contributed by atoms with E-state index in [1.165, 1.54) is 21.5 Å². The van der Waals surface area contributed by atoms with Gasteiger partial charge in [0, 0.05) is 49.5 Å². The quantitative estimate of drug-likeness (QED) is 0.151. The average Bonchev–Trinajstić information content (AvgIpc) is 3.71. The van der Waals surface area contributed by atoms with E-state index in [4.69, 9.17) is 15.0 Å². The molecule has 3 aromatic heterocycles. The first kappa shape index (κ1) is 36.4. The number of pyridine rings is 1. The molecular formula is C59H38N4. The fourth-order valence-corrected chi connectivity index (χ4v) is 9.15. The van der Waals surface area contributed by atoms with Gasteiger partial charge in [0.25, 0.3) is 0 Å². The second kappa shape index (κ2) is 15.2. The number of rotatable bonds is 7. The third-order valence-electron chi connectivity index (χ3n) is 12.2. The Kier molecular flexibility index (Phi) is 8.79. The van der Waals surface area contributed by atoms with Crippen LogP contribution in [0.1, 0.15) is 0 Å². The average molecular weight is 803 g/mol. The standard InChI is InChI=1S/C59H38N4/c1-5-15-42(16-6-1)52-38-53(43-17-7-2-8-18-43)62-59(61-52)45-31-29-40(30-32-45)39-25-27-41(28-26-39)46-33-34-50-55(37-46)63(47-21-11-4-12-22-47)54-36-35-49-48-23-13-14-24-51(48)60-58(57(49)56(50)54)44-19-9-3-10-20-44/h1-38H. The molecule has 0 saturated heterocycles. The van der Waals surface area contributed by atoms with Gasteiger partial charge in [-0.2, -0.15) is 0 Å². The van der Waals surface area contributed by atoms with Crippen LogP contribution >= 0.6 is 0 Å². The molecule has 0 N–H and O–H groups in total. The highest BCUT2D eigenvalue weighted by Crippen LogP contribution is 2.43. The molecule has 12 aromatic rings. The van der Waals surface area contributed by atoms with E-state index < -0.39 is 0 Å². The summed E-state index contributed by atoms with van der Waals surface area (Å²) < 4.78 is 2.41. The maximum atomic E-state index is 5.35. The summed E-state index contributed by atoms with van der Waals surface area (Å²) in [6.07, 6.45) is 0. The monoisotopic (exact) mass is 802 g/mol. The summed E-state index contributed by atoms with van der Waals surface area (Å²) in [5, 5.41) is 5.94. The van der Waals surface area contributed by atoms with E-state index in [2.05, 4.69) is 199 Å². The summed E-state index contributed by atoms with van der Waals surface area (Å²) in [4.78, 5) is 15.4. The summed E-state index contributed by atoms with van der Waals surface area (Å²) in [6.45, 7) is 0. The highest BCUT2D eigenvalue weighted by Gasteiger charge is 2.21. The highest BCUT2D eigenvalue weighted by atomic mass is 15.0. The fraction of sp³-hybridized carbons (Fsp3) is 0. The molecule has 0 unspecified atom stereocenters. The van der Waals surface area contributed by atoms with Gasteiger partial charge >= 0.3 is 0 Å². The topological polar surface area (TPSA) is 43.6 Å². The zero-order chi connectivity index (χ0) is 41.7. The SMILES string of the molecule is c1ccc(-c2cc(-c3ccccc3)nc(-c3ccc(-c4ccc(-c5ccc6c7c8c(-c9ccccc9)nc9ccccc9c8ccc7n(-c7ccccc7)c6c5)cc4)cc3)n2)cc1. The molecule has 9 aromatic carbocycles. The zero-order valence-corrected chi connectivity index (χ0v) is 34.2.